The number of urea groups is 1. The number of piperidine rings is 1. The van der Waals surface area contributed by atoms with Gasteiger partial charge in [-0.15, -0.1) is 0 Å². The van der Waals surface area contributed by atoms with Gasteiger partial charge in [0.1, 0.15) is 11.8 Å². The summed E-state index contributed by atoms with van der Waals surface area (Å²) in [7, 11) is 3.03. The average Bonchev–Trinajstić information content (AvgIpc) is 3.00. The lowest BCUT2D eigenvalue weighted by atomic mass is 9.98. The molecule has 1 atom stereocenters. The predicted octanol–water partition coefficient (Wildman–Crippen LogP) is 6.76. The van der Waals surface area contributed by atoms with Crippen molar-refractivity contribution >= 4 is 17.6 Å². The molecular weight excluding hydrogens is 602 g/mol. The summed E-state index contributed by atoms with van der Waals surface area (Å²) >= 11 is 0. The van der Waals surface area contributed by atoms with Gasteiger partial charge in [-0.05, 0) is 72.9 Å². The summed E-state index contributed by atoms with van der Waals surface area (Å²) in [5.41, 5.74) is -1.65. The molecule has 1 unspecified atom stereocenters. The summed E-state index contributed by atoms with van der Waals surface area (Å²) in [6, 6.07) is 16.1. The Balaban J connectivity index is 1.41. The first-order valence-corrected chi connectivity index (χ1v) is 14.3. The molecule has 2 N–H and O–H groups in total. The van der Waals surface area contributed by atoms with Gasteiger partial charge in [-0.1, -0.05) is 30.3 Å². The van der Waals surface area contributed by atoms with Crippen LogP contribution in [0.3, 0.4) is 0 Å². The van der Waals surface area contributed by atoms with Gasteiger partial charge in [0.25, 0.3) is 0 Å². The van der Waals surface area contributed by atoms with Gasteiger partial charge in [-0.25, -0.2) is 4.79 Å². The number of rotatable bonds is 9. The third kappa shape index (κ3) is 9.13. The molecule has 3 amide bonds. The van der Waals surface area contributed by atoms with Crippen molar-refractivity contribution in [3.8, 4) is 5.75 Å². The minimum Gasteiger partial charge on any atom is -0.497 e. The molecule has 0 spiro atoms. The fraction of sp³-hybridized carbons (Fsp3) is 0.375. The number of anilines is 1. The molecule has 3 aromatic carbocycles. The van der Waals surface area contributed by atoms with E-state index in [1.807, 2.05) is 4.90 Å². The van der Waals surface area contributed by atoms with Gasteiger partial charge in [0, 0.05) is 38.4 Å². The van der Waals surface area contributed by atoms with E-state index in [-0.39, 0.29) is 42.6 Å². The Bertz CT molecular complexity index is 1410. The number of nitrogens with zero attached hydrogens (tertiary/aromatic N) is 2. The standard InChI is InChI=1S/C32H34F6N4O3/c1-41(15-12-21-18-23(31(33,34)35)20-24(19-21)32(36,37)38)29(43)28(22-6-4-3-5-7-22)42-16-13-26(14-17-42)40-30(44)39-25-8-10-27(45-2)11-9-25/h3-11,18-20,26,28H,12-17H2,1-2H3,(H2,39,40,44). The lowest BCUT2D eigenvalue weighted by Crippen LogP contribution is -2.50. The summed E-state index contributed by atoms with van der Waals surface area (Å²) in [6.45, 7) is 0.842. The third-order valence-electron chi connectivity index (χ3n) is 7.69. The molecule has 1 aliphatic rings. The lowest BCUT2D eigenvalue weighted by Gasteiger charge is -2.38. The monoisotopic (exact) mass is 636 g/mol. The quantitative estimate of drug-likeness (QED) is 0.255. The van der Waals surface area contributed by atoms with E-state index in [0.29, 0.717) is 55.1 Å². The van der Waals surface area contributed by atoms with Crippen LogP contribution in [0, 0.1) is 0 Å². The number of methoxy groups -OCH3 is 1. The SMILES string of the molecule is COc1ccc(NC(=O)NC2CCN(C(C(=O)N(C)CCc3cc(C(F)(F)F)cc(C(F)(F)F)c3)c3ccccc3)CC2)cc1. The van der Waals surface area contributed by atoms with Gasteiger partial charge in [0.15, 0.2) is 0 Å². The zero-order chi connectivity index (χ0) is 32.8. The maximum atomic E-state index is 13.8. The Hall–Kier alpha value is -4.26. The summed E-state index contributed by atoms with van der Waals surface area (Å²) in [6.07, 6.45) is -8.99. The number of carbonyl (C=O) groups excluding carboxylic acids is 2. The maximum Gasteiger partial charge on any atom is 0.416 e. The van der Waals surface area contributed by atoms with Gasteiger partial charge in [0.2, 0.25) is 5.91 Å². The van der Waals surface area contributed by atoms with Crippen molar-refractivity contribution in [2.75, 3.05) is 39.1 Å². The second-order valence-electron chi connectivity index (χ2n) is 10.9. The zero-order valence-corrected chi connectivity index (χ0v) is 24.7. The number of hydrogen-bond acceptors (Lipinski definition) is 4. The smallest absolute Gasteiger partial charge is 0.416 e. The number of benzene rings is 3. The molecule has 45 heavy (non-hydrogen) atoms. The number of likely N-dealkylation sites (N-methyl/N-ethyl adjacent to an activating group) is 1. The van der Waals surface area contributed by atoms with Crippen molar-refractivity contribution in [1.29, 1.82) is 0 Å². The van der Waals surface area contributed by atoms with Crippen molar-refractivity contribution in [2.45, 2.75) is 43.7 Å². The average molecular weight is 637 g/mol. The molecule has 3 aromatic rings. The first kappa shape index (κ1) is 33.6. The van der Waals surface area contributed by atoms with E-state index in [2.05, 4.69) is 10.6 Å². The van der Waals surface area contributed by atoms with Gasteiger partial charge >= 0.3 is 18.4 Å². The summed E-state index contributed by atoms with van der Waals surface area (Å²) < 4.78 is 85.0. The van der Waals surface area contributed by atoms with Crippen LogP contribution in [0.2, 0.25) is 0 Å². The van der Waals surface area contributed by atoms with Gasteiger partial charge in [-0.2, -0.15) is 26.3 Å². The number of carbonyl (C=O) groups is 2. The lowest BCUT2D eigenvalue weighted by molar-refractivity contribution is -0.143. The molecule has 7 nitrogen and oxygen atoms in total. The molecule has 1 heterocycles. The van der Waals surface area contributed by atoms with Crippen LogP contribution in [0.15, 0.2) is 72.8 Å². The van der Waals surface area contributed by atoms with Crippen LogP contribution in [0.5, 0.6) is 5.75 Å². The molecule has 4 rings (SSSR count). The number of likely N-dealkylation sites (tertiary alicyclic amines) is 1. The number of hydrogen-bond donors (Lipinski definition) is 2. The Morgan fingerprint density at radius 1 is 0.911 bits per heavy atom. The second kappa shape index (κ2) is 14.2. The zero-order valence-electron chi connectivity index (χ0n) is 24.7. The van der Waals surface area contributed by atoms with Crippen LogP contribution >= 0.6 is 0 Å². The van der Waals surface area contributed by atoms with E-state index in [9.17, 15) is 35.9 Å². The summed E-state index contributed by atoms with van der Waals surface area (Å²) in [5.74, 6) is 0.320. The maximum absolute atomic E-state index is 13.8. The van der Waals surface area contributed by atoms with E-state index in [0.717, 1.165) is 0 Å². The van der Waals surface area contributed by atoms with E-state index in [1.54, 1.807) is 61.7 Å². The van der Waals surface area contributed by atoms with E-state index >= 15 is 0 Å². The second-order valence-corrected chi connectivity index (χ2v) is 10.9. The minimum atomic E-state index is -4.95. The highest BCUT2D eigenvalue weighted by Gasteiger charge is 2.37. The summed E-state index contributed by atoms with van der Waals surface area (Å²) in [4.78, 5) is 29.6. The number of amides is 3. The highest BCUT2D eigenvalue weighted by molar-refractivity contribution is 5.89. The molecule has 242 valence electrons. The molecule has 0 aliphatic carbocycles. The van der Waals surface area contributed by atoms with Crippen LogP contribution in [0.25, 0.3) is 0 Å². The van der Waals surface area contributed by atoms with Crippen LogP contribution in [-0.2, 0) is 23.6 Å². The van der Waals surface area contributed by atoms with E-state index < -0.39 is 29.5 Å². The molecule has 0 bridgehead atoms. The summed E-state index contributed by atoms with van der Waals surface area (Å²) in [5, 5.41) is 5.73. The van der Waals surface area contributed by atoms with Crippen molar-refractivity contribution in [2.24, 2.45) is 0 Å². The number of halogens is 6. The highest BCUT2D eigenvalue weighted by Crippen LogP contribution is 2.36. The first-order chi connectivity index (χ1) is 21.2. The molecule has 0 aromatic heterocycles. The van der Waals surface area contributed by atoms with Crippen LogP contribution in [0.4, 0.5) is 36.8 Å². The Morgan fingerprint density at radius 2 is 1.49 bits per heavy atom. The minimum absolute atomic E-state index is 0.0883. The number of ether oxygens (including phenoxy) is 1. The largest absolute Gasteiger partial charge is 0.497 e. The highest BCUT2D eigenvalue weighted by atomic mass is 19.4. The molecule has 1 fully saturated rings. The molecule has 0 saturated carbocycles. The number of nitrogens with one attached hydrogen (secondary N) is 2. The van der Waals surface area contributed by atoms with Crippen LogP contribution in [0.1, 0.15) is 41.1 Å². The Labute approximate surface area is 257 Å². The van der Waals surface area contributed by atoms with Gasteiger partial charge < -0.3 is 20.3 Å². The van der Waals surface area contributed by atoms with Crippen LogP contribution in [-0.4, -0.2) is 61.6 Å². The number of alkyl halides is 6. The molecule has 1 aliphatic heterocycles. The first-order valence-electron chi connectivity index (χ1n) is 14.3. The Morgan fingerprint density at radius 3 is 2.02 bits per heavy atom. The molecule has 1 saturated heterocycles. The van der Waals surface area contributed by atoms with Crippen molar-refractivity contribution < 1.29 is 40.7 Å². The van der Waals surface area contributed by atoms with Crippen LogP contribution < -0.4 is 15.4 Å². The van der Waals surface area contributed by atoms with Crippen molar-refractivity contribution in [3.05, 3.63) is 95.1 Å². The van der Waals surface area contributed by atoms with Crippen molar-refractivity contribution in [1.82, 2.24) is 15.1 Å². The van der Waals surface area contributed by atoms with E-state index in [4.69, 9.17) is 4.74 Å². The third-order valence-corrected chi connectivity index (χ3v) is 7.69. The van der Waals surface area contributed by atoms with E-state index in [1.165, 1.54) is 11.9 Å². The normalized spacial score (nSPS) is 15.3. The molecular formula is C32H34F6N4O3. The fourth-order valence-corrected chi connectivity index (χ4v) is 5.25. The topological polar surface area (TPSA) is 73.9 Å². The van der Waals surface area contributed by atoms with Gasteiger partial charge in [0.05, 0.1) is 18.2 Å². The Kier molecular flexibility index (Phi) is 10.6. The molecule has 0 radical (unpaired) electrons. The van der Waals surface area contributed by atoms with Crippen molar-refractivity contribution in [3.63, 3.8) is 0 Å². The predicted molar refractivity (Wildman–Crippen MR) is 157 cm³/mol. The fourth-order valence-electron chi connectivity index (χ4n) is 5.25. The molecule has 13 heteroatoms. The van der Waals surface area contributed by atoms with Gasteiger partial charge in [-0.3, -0.25) is 9.69 Å².